The standard InChI is InChI=1S/C7H16IN/c1-8-4-3-6-9(2)7-5-8/h3-7H2,1-2H3. The molecular formula is C7H16IN. The van der Waals surface area contributed by atoms with Crippen LogP contribution in [0, 0.1) is 0 Å². The summed E-state index contributed by atoms with van der Waals surface area (Å²) < 4.78 is 3.15. The quantitative estimate of drug-likeness (QED) is 0.458. The van der Waals surface area contributed by atoms with Gasteiger partial charge in [-0.2, -0.15) is 0 Å². The molecule has 1 nitrogen and oxygen atoms in total. The molecule has 0 aromatic rings. The third kappa shape index (κ3) is 2.85. The van der Waals surface area contributed by atoms with Gasteiger partial charge >= 0.3 is 65.1 Å². The minimum atomic E-state index is -0.372. The van der Waals surface area contributed by atoms with Crippen molar-refractivity contribution < 1.29 is 0 Å². The number of alkyl halides is 3. The van der Waals surface area contributed by atoms with Crippen LogP contribution in [0.15, 0.2) is 0 Å². The van der Waals surface area contributed by atoms with E-state index in [4.69, 9.17) is 0 Å². The van der Waals surface area contributed by atoms with Crippen molar-refractivity contribution in [2.24, 2.45) is 0 Å². The Hall–Kier alpha value is 0.690. The summed E-state index contributed by atoms with van der Waals surface area (Å²) in [7, 11) is 2.25. The van der Waals surface area contributed by atoms with Crippen LogP contribution in [0.1, 0.15) is 6.42 Å². The van der Waals surface area contributed by atoms with Crippen LogP contribution in [-0.2, 0) is 0 Å². The summed E-state index contributed by atoms with van der Waals surface area (Å²) in [5.41, 5.74) is 0. The molecule has 56 valence electrons. The Morgan fingerprint density at radius 1 is 1.22 bits per heavy atom. The molecule has 1 aliphatic heterocycles. The van der Waals surface area contributed by atoms with E-state index in [0.717, 1.165) is 0 Å². The molecule has 0 spiro atoms. The molecule has 1 aliphatic rings. The van der Waals surface area contributed by atoms with Crippen LogP contribution >= 0.6 is 19.8 Å². The van der Waals surface area contributed by atoms with Gasteiger partial charge < -0.3 is 0 Å². The van der Waals surface area contributed by atoms with E-state index in [1.165, 1.54) is 19.5 Å². The molecule has 0 N–H and O–H groups in total. The molecule has 2 heteroatoms. The van der Waals surface area contributed by atoms with E-state index in [-0.39, 0.29) is 19.8 Å². The summed E-state index contributed by atoms with van der Waals surface area (Å²) in [5.74, 6) is 0. The number of hydrogen-bond acceptors (Lipinski definition) is 1. The van der Waals surface area contributed by atoms with Gasteiger partial charge in [-0.1, -0.05) is 0 Å². The van der Waals surface area contributed by atoms with Gasteiger partial charge in [0.05, 0.1) is 0 Å². The Morgan fingerprint density at radius 3 is 2.78 bits per heavy atom. The van der Waals surface area contributed by atoms with E-state index in [1.807, 2.05) is 0 Å². The van der Waals surface area contributed by atoms with Crippen molar-refractivity contribution in [2.45, 2.75) is 6.42 Å². The van der Waals surface area contributed by atoms with Crippen LogP contribution < -0.4 is 0 Å². The average Bonchev–Trinajstić information content (AvgIpc) is 1.97. The van der Waals surface area contributed by atoms with Gasteiger partial charge in [-0.25, -0.2) is 0 Å². The zero-order chi connectivity index (χ0) is 6.69. The van der Waals surface area contributed by atoms with E-state index >= 15 is 0 Å². The second-order valence-electron chi connectivity index (χ2n) is 2.76. The predicted molar refractivity (Wildman–Crippen MR) is 51.8 cm³/mol. The van der Waals surface area contributed by atoms with E-state index in [2.05, 4.69) is 16.9 Å². The fourth-order valence-corrected chi connectivity index (χ4v) is 4.88. The van der Waals surface area contributed by atoms with Gasteiger partial charge in [0, 0.05) is 0 Å². The van der Waals surface area contributed by atoms with Crippen molar-refractivity contribution in [3.63, 3.8) is 0 Å². The molecule has 0 aliphatic carbocycles. The Bertz CT molecular complexity index is 75.0. The van der Waals surface area contributed by atoms with Crippen molar-refractivity contribution in [2.75, 3.05) is 33.9 Å². The summed E-state index contributed by atoms with van der Waals surface area (Å²) >= 11 is -0.372. The molecule has 0 aromatic heterocycles. The first-order chi connectivity index (χ1) is 4.29. The van der Waals surface area contributed by atoms with E-state index in [0.29, 0.717) is 0 Å². The summed E-state index contributed by atoms with van der Waals surface area (Å²) in [4.78, 5) is 4.99. The van der Waals surface area contributed by atoms with E-state index in [9.17, 15) is 0 Å². The Kier molecular flexibility index (Phi) is 3.26. The number of nitrogens with zero attached hydrogens (tertiary/aromatic N) is 1. The van der Waals surface area contributed by atoms with Crippen LogP contribution in [0.2, 0.25) is 0 Å². The van der Waals surface area contributed by atoms with Crippen LogP contribution in [0.3, 0.4) is 0 Å². The Labute approximate surface area is 65.2 Å². The maximum atomic E-state index is 2.52. The monoisotopic (exact) mass is 241 g/mol. The minimum absolute atomic E-state index is 0.372. The first-order valence-electron chi connectivity index (χ1n) is 3.49. The molecule has 0 unspecified atom stereocenters. The van der Waals surface area contributed by atoms with Crippen molar-refractivity contribution in [1.82, 2.24) is 4.90 Å². The molecule has 1 heterocycles. The zero-order valence-electron chi connectivity index (χ0n) is 6.36. The fourth-order valence-electron chi connectivity index (χ4n) is 1.05. The summed E-state index contributed by atoms with van der Waals surface area (Å²) in [5, 5.41) is 0. The molecule has 0 saturated carbocycles. The van der Waals surface area contributed by atoms with Gasteiger partial charge in [0.25, 0.3) is 0 Å². The van der Waals surface area contributed by atoms with Crippen molar-refractivity contribution in [3.8, 4) is 0 Å². The molecule has 1 saturated heterocycles. The second-order valence-corrected chi connectivity index (χ2v) is 9.05. The van der Waals surface area contributed by atoms with Crippen molar-refractivity contribution in [3.05, 3.63) is 0 Å². The van der Waals surface area contributed by atoms with Crippen LogP contribution in [0.5, 0.6) is 0 Å². The maximum absolute atomic E-state index is 2.52. The van der Waals surface area contributed by atoms with Gasteiger partial charge in [0.15, 0.2) is 0 Å². The van der Waals surface area contributed by atoms with Crippen LogP contribution in [-0.4, -0.2) is 38.8 Å². The SMILES string of the molecule is CN1CCCI(C)CC1. The number of halogens is 1. The Balaban J connectivity index is 2.25. The first-order valence-corrected chi connectivity index (χ1v) is 8.70. The summed E-state index contributed by atoms with van der Waals surface area (Å²) in [6, 6.07) is 0. The molecular weight excluding hydrogens is 225 g/mol. The normalized spacial score (nSPS) is 28.0. The number of rotatable bonds is 0. The van der Waals surface area contributed by atoms with Gasteiger partial charge in [0.1, 0.15) is 0 Å². The summed E-state index contributed by atoms with van der Waals surface area (Å²) in [6.07, 6.45) is 1.47. The van der Waals surface area contributed by atoms with Crippen LogP contribution in [0.4, 0.5) is 0 Å². The zero-order valence-corrected chi connectivity index (χ0v) is 8.52. The Morgan fingerprint density at radius 2 is 2.00 bits per heavy atom. The topological polar surface area (TPSA) is 3.24 Å². The molecule has 9 heavy (non-hydrogen) atoms. The van der Waals surface area contributed by atoms with E-state index in [1.54, 1.807) is 8.86 Å². The van der Waals surface area contributed by atoms with Gasteiger partial charge in [-0.3, -0.25) is 0 Å². The van der Waals surface area contributed by atoms with Gasteiger partial charge in [0.2, 0.25) is 0 Å². The third-order valence-electron chi connectivity index (χ3n) is 1.78. The third-order valence-corrected chi connectivity index (χ3v) is 6.71. The molecule has 0 amide bonds. The molecule has 1 rings (SSSR count). The molecule has 1 fully saturated rings. The van der Waals surface area contributed by atoms with Gasteiger partial charge in [-0.15, -0.1) is 0 Å². The van der Waals surface area contributed by atoms with Gasteiger partial charge in [-0.05, 0) is 0 Å². The molecule has 0 radical (unpaired) electrons. The molecule has 0 atom stereocenters. The van der Waals surface area contributed by atoms with E-state index < -0.39 is 0 Å². The predicted octanol–water partition coefficient (Wildman–Crippen LogP) is 1.46. The van der Waals surface area contributed by atoms with Crippen molar-refractivity contribution in [1.29, 1.82) is 0 Å². The second kappa shape index (κ2) is 3.76. The summed E-state index contributed by atoms with van der Waals surface area (Å²) in [6.45, 7) is 2.73. The molecule has 0 aromatic carbocycles. The van der Waals surface area contributed by atoms with Crippen LogP contribution in [0.25, 0.3) is 0 Å². The van der Waals surface area contributed by atoms with Crippen molar-refractivity contribution >= 4 is 19.8 Å². The molecule has 0 bridgehead atoms. The average molecular weight is 241 g/mol. The first kappa shape index (κ1) is 7.79. The fraction of sp³-hybridized carbons (Fsp3) is 1.00. The number of hydrogen-bond donors (Lipinski definition) is 0.